The number of alkyl halides is 2. The Labute approximate surface area is 115 Å². The van der Waals surface area contributed by atoms with Gasteiger partial charge < -0.3 is 5.11 Å². The van der Waals surface area contributed by atoms with Crippen molar-refractivity contribution in [3.63, 3.8) is 0 Å². The Kier molecular flexibility index (Phi) is 9.28. The van der Waals surface area contributed by atoms with Crippen LogP contribution in [0.4, 0.5) is 8.78 Å². The molecule has 4 N–H and O–H groups in total. The summed E-state index contributed by atoms with van der Waals surface area (Å²) in [5.74, 6) is -2.84. The van der Waals surface area contributed by atoms with Crippen molar-refractivity contribution in [1.82, 2.24) is 4.90 Å². The SMILES string of the molecule is CC(=N)N(C(C)(F)F)[C@@](N)(CS)C(=O)O.Cl.Cl. The quantitative estimate of drug-likeness (QED) is 0.208. The molecule has 0 heterocycles. The second kappa shape index (κ2) is 7.20. The van der Waals surface area contributed by atoms with Crippen LogP contribution in [0.3, 0.4) is 0 Å². The zero-order chi connectivity index (χ0) is 12.4. The van der Waals surface area contributed by atoms with Crippen LogP contribution >= 0.6 is 37.4 Å². The topological polar surface area (TPSA) is 90.4 Å². The van der Waals surface area contributed by atoms with Gasteiger partial charge in [0, 0.05) is 12.7 Å². The number of amidine groups is 1. The lowest BCUT2D eigenvalue weighted by Crippen LogP contribution is -2.68. The van der Waals surface area contributed by atoms with Crippen LogP contribution in [0.25, 0.3) is 0 Å². The van der Waals surface area contributed by atoms with E-state index >= 15 is 0 Å². The molecule has 0 radical (unpaired) electrons. The largest absolute Gasteiger partial charge is 0.478 e. The Bertz CT molecular complexity index is 291. The molecule has 0 saturated carbocycles. The Morgan fingerprint density at radius 3 is 1.94 bits per heavy atom. The second-order valence-electron chi connectivity index (χ2n) is 3.15. The van der Waals surface area contributed by atoms with Gasteiger partial charge in [0.2, 0.25) is 5.66 Å². The molecule has 0 fully saturated rings. The zero-order valence-electron chi connectivity index (χ0n) is 9.11. The Morgan fingerprint density at radius 2 is 1.88 bits per heavy atom. The predicted octanol–water partition coefficient (Wildman–Crippen LogP) is 1.41. The number of nitrogens with one attached hydrogen (secondary N) is 1. The number of rotatable bonds is 4. The molecule has 0 aromatic rings. The maximum Gasteiger partial charge on any atom is 0.345 e. The highest BCUT2D eigenvalue weighted by Gasteiger charge is 2.49. The van der Waals surface area contributed by atoms with Crippen LogP contribution in [0.15, 0.2) is 0 Å². The van der Waals surface area contributed by atoms with Crippen molar-refractivity contribution in [3.8, 4) is 0 Å². The second-order valence-corrected chi connectivity index (χ2v) is 3.47. The number of nitrogens with zero attached hydrogens (tertiary/aromatic N) is 1. The predicted molar refractivity (Wildman–Crippen MR) is 68.8 cm³/mol. The highest BCUT2D eigenvalue weighted by molar-refractivity contribution is 7.80. The third-order valence-electron chi connectivity index (χ3n) is 1.74. The first-order valence-electron chi connectivity index (χ1n) is 3.93. The van der Waals surface area contributed by atoms with Gasteiger partial charge in [0.25, 0.3) is 0 Å². The lowest BCUT2D eigenvalue weighted by Gasteiger charge is -2.40. The van der Waals surface area contributed by atoms with E-state index in [1.165, 1.54) is 0 Å². The van der Waals surface area contributed by atoms with Gasteiger partial charge >= 0.3 is 12.0 Å². The molecule has 104 valence electrons. The fourth-order valence-electron chi connectivity index (χ4n) is 1.18. The first-order chi connectivity index (χ1) is 6.57. The molecule has 0 aliphatic rings. The van der Waals surface area contributed by atoms with E-state index in [9.17, 15) is 13.6 Å². The van der Waals surface area contributed by atoms with E-state index < -0.39 is 29.3 Å². The summed E-state index contributed by atoms with van der Waals surface area (Å²) < 4.78 is 26.2. The first-order valence-corrected chi connectivity index (χ1v) is 4.57. The van der Waals surface area contributed by atoms with Crippen molar-refractivity contribution in [1.29, 1.82) is 5.41 Å². The number of nitrogens with two attached hydrogens (primary N) is 1. The average Bonchev–Trinajstić information content (AvgIpc) is 2.00. The van der Waals surface area contributed by atoms with Crippen LogP contribution < -0.4 is 5.73 Å². The number of thiol groups is 1. The van der Waals surface area contributed by atoms with Crippen molar-refractivity contribution < 1.29 is 18.7 Å². The van der Waals surface area contributed by atoms with E-state index in [0.29, 0.717) is 6.92 Å². The number of halogens is 4. The summed E-state index contributed by atoms with van der Waals surface area (Å²) in [6.07, 6.45) is 0. The standard InChI is InChI=1S/C7H13F2N3O2S.2ClH/c1-4(10)12(6(2,8)9)7(11,3-15)5(13)14;;/h10,15H,3,11H2,1-2H3,(H,13,14);2*1H/t7-;;/m0../s1. The van der Waals surface area contributed by atoms with Gasteiger partial charge in [-0.1, -0.05) is 0 Å². The van der Waals surface area contributed by atoms with Gasteiger partial charge in [0.1, 0.15) is 0 Å². The van der Waals surface area contributed by atoms with Gasteiger partial charge in [-0.15, -0.1) is 24.8 Å². The minimum absolute atomic E-state index is 0. The zero-order valence-corrected chi connectivity index (χ0v) is 11.6. The third kappa shape index (κ3) is 4.82. The van der Waals surface area contributed by atoms with Crippen molar-refractivity contribution in [3.05, 3.63) is 0 Å². The van der Waals surface area contributed by atoms with Crippen LogP contribution in [0.1, 0.15) is 13.8 Å². The normalized spacial score (nSPS) is 13.8. The minimum atomic E-state index is -3.54. The summed E-state index contributed by atoms with van der Waals surface area (Å²) in [6, 6.07) is -3.54. The highest BCUT2D eigenvalue weighted by Crippen LogP contribution is 2.26. The molecule has 1 atom stereocenters. The summed E-state index contributed by atoms with van der Waals surface area (Å²) >= 11 is 3.63. The van der Waals surface area contributed by atoms with E-state index in [4.69, 9.17) is 16.2 Å². The monoisotopic (exact) mass is 313 g/mol. The molecule has 0 spiro atoms. The molecule has 0 saturated heterocycles. The number of hydrogen-bond acceptors (Lipinski definition) is 4. The van der Waals surface area contributed by atoms with Crippen molar-refractivity contribution in [2.75, 3.05) is 5.75 Å². The summed E-state index contributed by atoms with van der Waals surface area (Å²) in [6.45, 7) is 1.50. The third-order valence-corrected chi connectivity index (χ3v) is 2.22. The van der Waals surface area contributed by atoms with E-state index in [-0.39, 0.29) is 29.7 Å². The number of carboxylic acids is 1. The van der Waals surface area contributed by atoms with E-state index in [0.717, 1.165) is 6.92 Å². The number of aliphatic carboxylic acids is 1. The summed E-state index contributed by atoms with van der Waals surface area (Å²) in [5, 5.41) is 15.9. The van der Waals surface area contributed by atoms with Crippen molar-refractivity contribution in [2.24, 2.45) is 5.73 Å². The maximum absolute atomic E-state index is 13.1. The minimum Gasteiger partial charge on any atom is -0.478 e. The lowest BCUT2D eigenvalue weighted by molar-refractivity contribution is -0.171. The van der Waals surface area contributed by atoms with E-state index in [1.54, 1.807) is 0 Å². The van der Waals surface area contributed by atoms with Gasteiger partial charge in [-0.25, -0.2) is 4.79 Å². The van der Waals surface area contributed by atoms with E-state index in [2.05, 4.69) is 12.6 Å². The molecule has 0 unspecified atom stereocenters. The van der Waals surface area contributed by atoms with Crippen LogP contribution in [-0.4, -0.2) is 39.3 Å². The maximum atomic E-state index is 13.1. The average molecular weight is 314 g/mol. The molecule has 5 nitrogen and oxygen atoms in total. The highest BCUT2D eigenvalue weighted by atomic mass is 35.5. The summed E-state index contributed by atoms with van der Waals surface area (Å²) in [4.78, 5) is 10.8. The molecule has 10 heteroatoms. The van der Waals surface area contributed by atoms with Gasteiger partial charge in [0.15, 0.2) is 0 Å². The first kappa shape index (κ1) is 21.9. The molecule has 0 aliphatic carbocycles. The molecule has 0 aliphatic heterocycles. The van der Waals surface area contributed by atoms with Gasteiger partial charge in [-0.3, -0.25) is 16.0 Å². The Balaban J connectivity index is -0.000000980. The summed E-state index contributed by atoms with van der Waals surface area (Å²) in [5.41, 5.74) is 2.90. The number of carboxylic acid groups (broad SMARTS) is 1. The van der Waals surface area contributed by atoms with Gasteiger partial charge in [-0.05, 0) is 6.92 Å². The van der Waals surface area contributed by atoms with Crippen molar-refractivity contribution >= 4 is 49.2 Å². The molecule has 0 bridgehead atoms. The molecule has 0 aromatic heterocycles. The molecular weight excluding hydrogens is 299 g/mol. The molecule has 0 rings (SSSR count). The lowest BCUT2D eigenvalue weighted by atomic mass is 10.1. The Morgan fingerprint density at radius 1 is 1.53 bits per heavy atom. The number of hydrogen-bond donors (Lipinski definition) is 4. The fraction of sp³-hybridized carbons (Fsp3) is 0.714. The summed E-state index contributed by atoms with van der Waals surface area (Å²) in [7, 11) is 0. The molecular formula is C7H15Cl2F2N3O2S. The number of carbonyl (C=O) groups is 1. The molecule has 0 amide bonds. The van der Waals surface area contributed by atoms with Crippen LogP contribution in [0, 0.1) is 5.41 Å². The van der Waals surface area contributed by atoms with Crippen LogP contribution in [0.5, 0.6) is 0 Å². The molecule has 0 aromatic carbocycles. The van der Waals surface area contributed by atoms with Crippen LogP contribution in [0.2, 0.25) is 0 Å². The van der Waals surface area contributed by atoms with Crippen LogP contribution in [-0.2, 0) is 4.79 Å². The smallest absolute Gasteiger partial charge is 0.345 e. The molecule has 17 heavy (non-hydrogen) atoms. The fourth-order valence-corrected chi connectivity index (χ4v) is 1.45. The Hall–Kier alpha value is -0.310. The van der Waals surface area contributed by atoms with Crippen molar-refractivity contribution in [2.45, 2.75) is 25.6 Å². The van der Waals surface area contributed by atoms with Gasteiger partial charge in [0.05, 0.1) is 5.84 Å². The van der Waals surface area contributed by atoms with Gasteiger partial charge in [-0.2, -0.15) is 21.4 Å². The van der Waals surface area contributed by atoms with E-state index in [1.807, 2.05) is 0 Å².